The lowest BCUT2D eigenvalue weighted by molar-refractivity contribution is 0.101. The Morgan fingerprint density at radius 1 is 1.47 bits per heavy atom. The van der Waals surface area contributed by atoms with Gasteiger partial charge in [-0.05, 0) is 37.5 Å². The molecule has 1 aromatic rings. The first kappa shape index (κ1) is 14.2. The third-order valence-electron chi connectivity index (χ3n) is 2.63. The molecule has 1 aromatic carbocycles. The summed E-state index contributed by atoms with van der Waals surface area (Å²) in [6, 6.07) is 5.55. The van der Waals surface area contributed by atoms with Gasteiger partial charge in [-0.25, -0.2) is 0 Å². The number of ketones is 1. The first-order chi connectivity index (χ1) is 8.04. The fraction of sp³-hybridized carbons (Fsp3) is 0.500. The summed E-state index contributed by atoms with van der Waals surface area (Å²) >= 11 is 3.36. The van der Waals surface area contributed by atoms with E-state index >= 15 is 0 Å². The molecule has 0 bridgehead atoms. The lowest BCUT2D eigenvalue weighted by Crippen LogP contribution is -2.10. The summed E-state index contributed by atoms with van der Waals surface area (Å²) in [4.78, 5) is 11.5. The second-order valence-electron chi connectivity index (χ2n) is 4.40. The molecule has 0 aromatic heterocycles. The second kappa shape index (κ2) is 6.80. The van der Waals surface area contributed by atoms with Crippen LogP contribution < -0.4 is 4.74 Å². The molecule has 94 valence electrons. The van der Waals surface area contributed by atoms with E-state index in [1.54, 1.807) is 6.92 Å². The van der Waals surface area contributed by atoms with Crippen molar-refractivity contribution in [1.82, 2.24) is 0 Å². The molecule has 17 heavy (non-hydrogen) atoms. The lowest BCUT2D eigenvalue weighted by atomic mass is 10.1. The van der Waals surface area contributed by atoms with E-state index in [0.717, 1.165) is 17.3 Å². The van der Waals surface area contributed by atoms with E-state index in [1.807, 2.05) is 18.2 Å². The zero-order chi connectivity index (χ0) is 12.8. The van der Waals surface area contributed by atoms with Crippen molar-refractivity contribution in [3.05, 3.63) is 28.2 Å². The number of hydrogen-bond acceptors (Lipinski definition) is 2. The number of carbonyl (C=O) groups excluding carboxylic acids is 1. The van der Waals surface area contributed by atoms with E-state index in [-0.39, 0.29) is 5.78 Å². The monoisotopic (exact) mass is 298 g/mol. The normalized spacial score (nSPS) is 12.2. The average Bonchev–Trinajstić information content (AvgIpc) is 2.27. The Balaban J connectivity index is 2.73. The van der Waals surface area contributed by atoms with Crippen molar-refractivity contribution in [3.8, 4) is 5.75 Å². The predicted molar refractivity (Wildman–Crippen MR) is 73.7 cm³/mol. The molecule has 0 saturated carbocycles. The van der Waals surface area contributed by atoms with Crippen molar-refractivity contribution in [2.24, 2.45) is 5.92 Å². The standard InChI is InChI=1S/C14H19BrO2/c1-4-5-10(2)9-17-14-7-6-12(15)8-13(14)11(3)16/h6-8,10H,4-5,9H2,1-3H3. The van der Waals surface area contributed by atoms with Gasteiger partial charge >= 0.3 is 0 Å². The van der Waals surface area contributed by atoms with Crippen molar-refractivity contribution in [3.63, 3.8) is 0 Å². The van der Waals surface area contributed by atoms with Crippen molar-refractivity contribution in [2.75, 3.05) is 6.61 Å². The van der Waals surface area contributed by atoms with Crippen LogP contribution in [-0.4, -0.2) is 12.4 Å². The Kier molecular flexibility index (Phi) is 5.69. The van der Waals surface area contributed by atoms with Crippen LogP contribution in [0.1, 0.15) is 44.0 Å². The summed E-state index contributed by atoms with van der Waals surface area (Å²) < 4.78 is 6.63. The van der Waals surface area contributed by atoms with E-state index < -0.39 is 0 Å². The SMILES string of the molecule is CCCC(C)COc1ccc(Br)cc1C(C)=O. The Hall–Kier alpha value is -0.830. The zero-order valence-electron chi connectivity index (χ0n) is 10.6. The third-order valence-corrected chi connectivity index (χ3v) is 3.12. The summed E-state index contributed by atoms with van der Waals surface area (Å²) in [6.07, 6.45) is 2.30. The van der Waals surface area contributed by atoms with E-state index in [0.29, 0.717) is 23.8 Å². The molecule has 0 aliphatic rings. The molecule has 0 amide bonds. The average molecular weight is 299 g/mol. The highest BCUT2D eigenvalue weighted by Gasteiger charge is 2.10. The molecular formula is C14H19BrO2. The summed E-state index contributed by atoms with van der Waals surface area (Å²) in [5.41, 5.74) is 0.642. The van der Waals surface area contributed by atoms with Gasteiger partial charge in [-0.15, -0.1) is 0 Å². The fourth-order valence-electron chi connectivity index (χ4n) is 1.71. The Labute approximate surface area is 111 Å². The van der Waals surface area contributed by atoms with Gasteiger partial charge in [-0.2, -0.15) is 0 Å². The van der Waals surface area contributed by atoms with Crippen LogP contribution in [0.5, 0.6) is 5.75 Å². The van der Waals surface area contributed by atoms with Crippen LogP contribution in [0.4, 0.5) is 0 Å². The molecule has 0 aliphatic carbocycles. The number of carbonyl (C=O) groups is 1. The molecule has 1 unspecified atom stereocenters. The summed E-state index contributed by atoms with van der Waals surface area (Å²) in [5.74, 6) is 1.23. The van der Waals surface area contributed by atoms with Crippen LogP contribution in [0.2, 0.25) is 0 Å². The maximum Gasteiger partial charge on any atom is 0.163 e. The molecule has 1 atom stereocenters. The van der Waals surface area contributed by atoms with Crippen LogP contribution in [-0.2, 0) is 0 Å². The summed E-state index contributed by atoms with van der Waals surface area (Å²) in [6.45, 7) is 6.55. The minimum Gasteiger partial charge on any atom is -0.493 e. The molecule has 0 heterocycles. The first-order valence-corrected chi connectivity index (χ1v) is 6.77. The molecule has 0 N–H and O–H groups in total. The molecule has 0 fully saturated rings. The smallest absolute Gasteiger partial charge is 0.163 e. The van der Waals surface area contributed by atoms with Crippen LogP contribution in [0.15, 0.2) is 22.7 Å². The van der Waals surface area contributed by atoms with Crippen molar-refractivity contribution in [2.45, 2.75) is 33.6 Å². The maximum atomic E-state index is 11.5. The summed E-state index contributed by atoms with van der Waals surface area (Å²) in [7, 11) is 0. The number of hydrogen-bond donors (Lipinski definition) is 0. The Morgan fingerprint density at radius 2 is 2.18 bits per heavy atom. The van der Waals surface area contributed by atoms with Gasteiger partial charge in [0.05, 0.1) is 12.2 Å². The number of Topliss-reactive ketones (excluding diaryl/α,β-unsaturated/α-hetero) is 1. The number of benzene rings is 1. The van der Waals surface area contributed by atoms with Gasteiger partial charge in [0.25, 0.3) is 0 Å². The number of rotatable bonds is 6. The highest BCUT2D eigenvalue weighted by molar-refractivity contribution is 9.10. The minimum atomic E-state index is 0.0319. The molecule has 3 heteroatoms. The van der Waals surface area contributed by atoms with E-state index in [9.17, 15) is 4.79 Å². The quantitative estimate of drug-likeness (QED) is 0.725. The van der Waals surface area contributed by atoms with Gasteiger partial charge in [-0.3, -0.25) is 4.79 Å². The van der Waals surface area contributed by atoms with Gasteiger partial charge in [0.15, 0.2) is 5.78 Å². The Morgan fingerprint density at radius 3 is 2.76 bits per heavy atom. The molecule has 0 saturated heterocycles. The van der Waals surface area contributed by atoms with Gasteiger partial charge in [0.2, 0.25) is 0 Å². The highest BCUT2D eigenvalue weighted by atomic mass is 79.9. The second-order valence-corrected chi connectivity index (χ2v) is 5.32. The zero-order valence-corrected chi connectivity index (χ0v) is 12.2. The van der Waals surface area contributed by atoms with E-state index in [1.165, 1.54) is 0 Å². The lowest BCUT2D eigenvalue weighted by Gasteiger charge is -2.14. The van der Waals surface area contributed by atoms with Crippen LogP contribution >= 0.6 is 15.9 Å². The molecule has 2 nitrogen and oxygen atoms in total. The first-order valence-electron chi connectivity index (χ1n) is 5.97. The van der Waals surface area contributed by atoms with Crippen molar-refractivity contribution >= 4 is 21.7 Å². The largest absolute Gasteiger partial charge is 0.493 e. The minimum absolute atomic E-state index is 0.0319. The van der Waals surface area contributed by atoms with E-state index in [4.69, 9.17) is 4.74 Å². The Bertz CT molecular complexity index is 388. The van der Waals surface area contributed by atoms with Gasteiger partial charge in [0.1, 0.15) is 5.75 Å². The van der Waals surface area contributed by atoms with Crippen LogP contribution in [0, 0.1) is 5.92 Å². The number of ether oxygens (including phenoxy) is 1. The third kappa shape index (κ3) is 4.50. The number of halogens is 1. The molecule has 0 radical (unpaired) electrons. The predicted octanol–water partition coefficient (Wildman–Crippen LogP) is 4.47. The van der Waals surface area contributed by atoms with Crippen LogP contribution in [0.3, 0.4) is 0 Å². The van der Waals surface area contributed by atoms with Gasteiger partial charge < -0.3 is 4.74 Å². The fourth-order valence-corrected chi connectivity index (χ4v) is 2.07. The maximum absolute atomic E-state index is 11.5. The van der Waals surface area contributed by atoms with Crippen molar-refractivity contribution < 1.29 is 9.53 Å². The highest BCUT2D eigenvalue weighted by Crippen LogP contribution is 2.24. The van der Waals surface area contributed by atoms with Gasteiger partial charge in [-0.1, -0.05) is 36.2 Å². The molecule has 0 aliphatic heterocycles. The topological polar surface area (TPSA) is 26.3 Å². The molecule has 1 rings (SSSR count). The van der Waals surface area contributed by atoms with E-state index in [2.05, 4.69) is 29.8 Å². The van der Waals surface area contributed by atoms with Gasteiger partial charge in [0, 0.05) is 4.47 Å². The molecular weight excluding hydrogens is 280 g/mol. The summed E-state index contributed by atoms with van der Waals surface area (Å²) in [5, 5.41) is 0. The van der Waals surface area contributed by atoms with Crippen LogP contribution in [0.25, 0.3) is 0 Å². The molecule has 0 spiro atoms. The van der Waals surface area contributed by atoms with Crippen molar-refractivity contribution in [1.29, 1.82) is 0 Å².